The fourth-order valence-electron chi connectivity index (χ4n) is 4.20. The van der Waals surface area contributed by atoms with Gasteiger partial charge in [-0.25, -0.2) is 0 Å². The van der Waals surface area contributed by atoms with Gasteiger partial charge in [-0.1, -0.05) is 6.42 Å². The van der Waals surface area contributed by atoms with E-state index in [4.69, 9.17) is 10.2 Å². The summed E-state index contributed by atoms with van der Waals surface area (Å²) in [4.78, 5) is 16.8. The van der Waals surface area contributed by atoms with Gasteiger partial charge in [0.05, 0.1) is 5.48 Å². The van der Waals surface area contributed by atoms with Crippen LogP contribution in [0.4, 0.5) is 0 Å². The number of aromatic hydroxyl groups is 2. The number of thiophene rings is 1. The van der Waals surface area contributed by atoms with E-state index in [1.54, 1.807) is 18.2 Å². The van der Waals surface area contributed by atoms with Gasteiger partial charge in [0.25, 0.3) is 0 Å². The zero-order valence-electron chi connectivity index (χ0n) is 22.6. The van der Waals surface area contributed by atoms with Crippen LogP contribution in [0.5, 0.6) is 17.2 Å². The number of carbonyl (C=O) groups excluding carboxylic acids is 1. The van der Waals surface area contributed by atoms with Crippen LogP contribution in [0.25, 0.3) is 20.5 Å². The molecule has 2 heterocycles. The van der Waals surface area contributed by atoms with Gasteiger partial charge < -0.3 is 14.9 Å². The molecule has 0 bridgehead atoms. The molecule has 0 radical (unpaired) electrons. The fraction of sp³-hybridized carbons (Fsp3) is 0.250. The lowest BCUT2D eigenvalue weighted by atomic mass is 9.97. The van der Waals surface area contributed by atoms with E-state index in [0.717, 1.165) is 25.9 Å². The highest BCUT2D eigenvalue weighted by atomic mass is 32.1. The number of ketones is 1. The molecule has 1 fully saturated rings. The van der Waals surface area contributed by atoms with Crippen molar-refractivity contribution in [3.8, 4) is 27.7 Å². The first kappa shape index (κ1) is 18.0. The first-order valence-electron chi connectivity index (χ1n) is 13.3. The first-order chi connectivity index (χ1) is 18.3. The first-order valence-corrected chi connectivity index (χ1v) is 12.1. The van der Waals surface area contributed by atoms with Gasteiger partial charge in [-0.3, -0.25) is 9.69 Å². The normalized spacial score (nSPS) is 16.0. The SMILES string of the molecule is [2H]c1c([2H])c(C(=O)c2c(-c3ccc(O)cc3)sc3cc(O)ccc23)c([2H])c([2H])c1OCCN1CCCCC1. The monoisotopic (exact) mass is 477 g/mol. The van der Waals surface area contributed by atoms with E-state index < -0.39 is 30.0 Å². The molecule has 1 saturated heterocycles. The highest BCUT2D eigenvalue weighted by Crippen LogP contribution is 2.41. The summed E-state index contributed by atoms with van der Waals surface area (Å²) in [6.45, 7) is 2.81. The fourth-order valence-corrected chi connectivity index (χ4v) is 5.44. The van der Waals surface area contributed by atoms with Crippen molar-refractivity contribution in [3.63, 3.8) is 0 Å². The van der Waals surface area contributed by atoms with E-state index in [1.165, 1.54) is 42.0 Å². The molecular formula is C28H27NO4S. The van der Waals surface area contributed by atoms with Gasteiger partial charge in [-0.15, -0.1) is 11.3 Å². The van der Waals surface area contributed by atoms with E-state index in [2.05, 4.69) is 4.90 Å². The number of hydrogen-bond donors (Lipinski definition) is 2. The maximum absolute atomic E-state index is 14.0. The third kappa shape index (κ3) is 4.79. The molecule has 0 atom stereocenters. The number of ether oxygens (including phenoxy) is 1. The Kier molecular flexibility index (Phi) is 5.24. The lowest BCUT2D eigenvalue weighted by Crippen LogP contribution is -2.33. The van der Waals surface area contributed by atoms with E-state index >= 15 is 0 Å². The molecule has 34 heavy (non-hydrogen) atoms. The maximum Gasteiger partial charge on any atom is 0.195 e. The topological polar surface area (TPSA) is 70.0 Å². The van der Waals surface area contributed by atoms with Crippen LogP contribution in [0.2, 0.25) is 0 Å². The summed E-state index contributed by atoms with van der Waals surface area (Å²) >= 11 is 1.26. The second-order valence-electron chi connectivity index (χ2n) is 8.32. The number of benzene rings is 3. The Morgan fingerprint density at radius 3 is 2.41 bits per heavy atom. The van der Waals surface area contributed by atoms with Gasteiger partial charge >= 0.3 is 0 Å². The van der Waals surface area contributed by atoms with E-state index in [-0.39, 0.29) is 35.0 Å². The molecule has 0 spiro atoms. The van der Waals surface area contributed by atoms with Gasteiger partial charge in [0.15, 0.2) is 5.78 Å². The third-order valence-electron chi connectivity index (χ3n) is 5.96. The summed E-state index contributed by atoms with van der Waals surface area (Å²) in [5.41, 5.74) is 0.520. The standard InChI is InChI=1S/C28H27NO4S/c30-21-8-4-20(5-9-21)28-26(24-13-10-22(31)18-25(24)34-28)27(32)19-6-11-23(12-7-19)33-17-16-29-14-2-1-3-15-29/h4-13,18,30-31H,1-3,14-17H2/i6D,7D,11D,12D. The number of nitrogens with zero attached hydrogens (tertiary/aromatic N) is 1. The minimum absolute atomic E-state index is 0.0327. The molecule has 5 nitrogen and oxygen atoms in total. The van der Waals surface area contributed by atoms with Crippen LogP contribution < -0.4 is 4.74 Å². The molecule has 1 aromatic heterocycles. The molecule has 3 aromatic carbocycles. The molecule has 0 saturated carbocycles. The molecule has 0 amide bonds. The Balaban J connectivity index is 1.55. The van der Waals surface area contributed by atoms with Crippen molar-refractivity contribution in [2.75, 3.05) is 26.2 Å². The van der Waals surface area contributed by atoms with Gasteiger partial charge in [-0.2, -0.15) is 0 Å². The van der Waals surface area contributed by atoms with Crippen LogP contribution in [0.3, 0.4) is 0 Å². The summed E-state index contributed by atoms with van der Waals surface area (Å²) in [6, 6.07) is 9.21. The Morgan fingerprint density at radius 1 is 0.971 bits per heavy atom. The van der Waals surface area contributed by atoms with E-state index in [9.17, 15) is 15.0 Å². The van der Waals surface area contributed by atoms with Gasteiger partial charge in [0, 0.05) is 32.6 Å². The highest BCUT2D eigenvalue weighted by molar-refractivity contribution is 7.22. The lowest BCUT2D eigenvalue weighted by molar-refractivity contribution is 0.104. The molecular weight excluding hydrogens is 446 g/mol. The van der Waals surface area contributed by atoms with Crippen molar-refractivity contribution in [2.45, 2.75) is 19.3 Å². The quantitative estimate of drug-likeness (QED) is 0.316. The van der Waals surface area contributed by atoms with Gasteiger partial charge in [-0.05, 0) is 98.1 Å². The van der Waals surface area contributed by atoms with Crippen molar-refractivity contribution >= 4 is 27.2 Å². The van der Waals surface area contributed by atoms with E-state index in [1.807, 2.05) is 0 Å². The number of piperidine rings is 1. The second kappa shape index (κ2) is 9.87. The third-order valence-corrected chi connectivity index (χ3v) is 7.16. The lowest BCUT2D eigenvalue weighted by Gasteiger charge is -2.26. The Morgan fingerprint density at radius 2 is 1.68 bits per heavy atom. The van der Waals surface area contributed by atoms with Crippen LogP contribution in [-0.4, -0.2) is 47.1 Å². The molecule has 0 aliphatic carbocycles. The van der Waals surface area contributed by atoms with Crippen molar-refractivity contribution in [1.29, 1.82) is 0 Å². The number of hydrogen-bond acceptors (Lipinski definition) is 6. The Hall–Kier alpha value is -3.35. The van der Waals surface area contributed by atoms with Crippen LogP contribution in [-0.2, 0) is 0 Å². The van der Waals surface area contributed by atoms with E-state index in [0.29, 0.717) is 27.1 Å². The summed E-state index contributed by atoms with van der Waals surface area (Å²) in [5.74, 6) is -0.713. The molecule has 1 aliphatic rings. The summed E-state index contributed by atoms with van der Waals surface area (Å²) in [6.07, 6.45) is 3.46. The Labute approximate surface area is 208 Å². The van der Waals surface area contributed by atoms with Gasteiger partial charge in [0.1, 0.15) is 23.9 Å². The zero-order chi connectivity index (χ0) is 27.0. The predicted octanol–water partition coefficient (Wildman–Crippen LogP) is 6.08. The number of carbonyl (C=O) groups is 1. The predicted molar refractivity (Wildman–Crippen MR) is 136 cm³/mol. The second-order valence-corrected chi connectivity index (χ2v) is 9.37. The smallest absolute Gasteiger partial charge is 0.195 e. The molecule has 4 aromatic rings. The largest absolute Gasteiger partial charge is 0.508 e. The average Bonchev–Trinajstić information content (AvgIpc) is 3.29. The van der Waals surface area contributed by atoms with Crippen LogP contribution >= 0.6 is 11.3 Å². The van der Waals surface area contributed by atoms with Gasteiger partial charge in [0.2, 0.25) is 0 Å². The number of phenolic OH excluding ortho intramolecular Hbond substituents is 2. The number of fused-ring (bicyclic) bond motifs is 1. The average molecular weight is 478 g/mol. The van der Waals surface area contributed by atoms with Crippen LogP contribution in [0.15, 0.2) is 66.6 Å². The minimum atomic E-state index is -0.651. The Bertz CT molecular complexity index is 1490. The highest BCUT2D eigenvalue weighted by Gasteiger charge is 2.22. The molecule has 6 heteroatoms. The summed E-state index contributed by atoms with van der Waals surface area (Å²) in [7, 11) is 0. The van der Waals surface area contributed by atoms with Crippen LogP contribution in [0, 0.1) is 0 Å². The van der Waals surface area contributed by atoms with Crippen molar-refractivity contribution in [1.82, 2.24) is 4.90 Å². The molecule has 1 aliphatic heterocycles. The summed E-state index contributed by atoms with van der Waals surface area (Å²) < 4.78 is 40.6. The zero-order valence-corrected chi connectivity index (χ0v) is 19.4. The maximum atomic E-state index is 14.0. The minimum Gasteiger partial charge on any atom is -0.508 e. The van der Waals surface area contributed by atoms with Crippen molar-refractivity contribution in [2.24, 2.45) is 0 Å². The van der Waals surface area contributed by atoms with Crippen molar-refractivity contribution in [3.05, 3.63) is 77.8 Å². The summed E-state index contributed by atoms with van der Waals surface area (Å²) in [5, 5.41) is 20.3. The van der Waals surface area contributed by atoms with Crippen molar-refractivity contribution < 1.29 is 25.2 Å². The number of rotatable bonds is 7. The molecule has 174 valence electrons. The number of phenols is 2. The molecule has 5 rings (SSSR count). The van der Waals surface area contributed by atoms with Crippen LogP contribution in [0.1, 0.15) is 40.7 Å². The number of likely N-dealkylation sites (tertiary alicyclic amines) is 1. The molecule has 0 unspecified atom stereocenters. The molecule has 2 N–H and O–H groups in total.